The van der Waals surface area contributed by atoms with Crippen molar-refractivity contribution in [2.45, 2.75) is 33.1 Å². The summed E-state index contributed by atoms with van der Waals surface area (Å²) in [5.41, 5.74) is 3.30. The van der Waals surface area contributed by atoms with E-state index in [0.717, 1.165) is 16.4 Å². The third-order valence-electron chi connectivity index (χ3n) is 4.29. The lowest BCUT2D eigenvalue weighted by molar-refractivity contribution is 0.647. The molecule has 1 atom stereocenters. The van der Waals surface area contributed by atoms with Gasteiger partial charge in [-0.05, 0) is 23.5 Å². The van der Waals surface area contributed by atoms with Gasteiger partial charge in [-0.3, -0.25) is 4.98 Å². The van der Waals surface area contributed by atoms with Crippen LogP contribution in [0.3, 0.4) is 0 Å². The van der Waals surface area contributed by atoms with Crippen LogP contribution in [-0.4, -0.2) is 29.8 Å². The lowest BCUT2D eigenvalue weighted by Crippen LogP contribution is -2.00. The van der Waals surface area contributed by atoms with Crippen molar-refractivity contribution < 1.29 is 0 Å². The quantitative estimate of drug-likeness (QED) is 0.535. The fraction of sp³-hybridized carbons (Fsp3) is 0.316. The molecule has 0 amide bonds. The highest BCUT2D eigenvalue weighted by Crippen LogP contribution is 2.29. The first-order chi connectivity index (χ1) is 12.6. The molecule has 0 bridgehead atoms. The van der Waals surface area contributed by atoms with E-state index in [9.17, 15) is 0 Å². The van der Waals surface area contributed by atoms with Gasteiger partial charge in [0.2, 0.25) is 10.8 Å². The molecule has 3 heterocycles. The zero-order valence-corrected chi connectivity index (χ0v) is 15.8. The third kappa shape index (κ3) is 3.22. The second kappa shape index (κ2) is 6.92. The van der Waals surface area contributed by atoms with Crippen LogP contribution in [0.25, 0.3) is 16.5 Å². The van der Waals surface area contributed by atoms with E-state index in [4.69, 9.17) is 5.10 Å². The van der Waals surface area contributed by atoms with Crippen molar-refractivity contribution in [3.63, 3.8) is 0 Å². The van der Waals surface area contributed by atoms with Gasteiger partial charge in [-0.25, -0.2) is 4.98 Å². The van der Waals surface area contributed by atoms with Crippen LogP contribution in [-0.2, 0) is 6.42 Å². The molecule has 0 aliphatic rings. The van der Waals surface area contributed by atoms with Crippen LogP contribution >= 0.6 is 11.3 Å². The summed E-state index contributed by atoms with van der Waals surface area (Å²) in [7, 11) is 0. The summed E-state index contributed by atoms with van der Waals surface area (Å²) < 4.78 is 1.76. The summed E-state index contributed by atoms with van der Waals surface area (Å²) in [5.74, 6) is 1.48. The number of rotatable bonds is 5. The van der Waals surface area contributed by atoms with Crippen LogP contribution in [0, 0.1) is 5.92 Å². The molecule has 4 rings (SSSR count). The molecule has 0 N–H and O–H groups in total. The highest BCUT2D eigenvalue weighted by atomic mass is 32.1. The van der Waals surface area contributed by atoms with Gasteiger partial charge >= 0.3 is 0 Å². The average Bonchev–Trinajstić information content (AvgIpc) is 3.22. The molecular formula is C19H20N6S. The maximum absolute atomic E-state index is 4.74. The van der Waals surface area contributed by atoms with Gasteiger partial charge < -0.3 is 0 Å². The topological polar surface area (TPSA) is 68.9 Å². The highest BCUT2D eigenvalue weighted by Gasteiger charge is 2.19. The first-order valence-corrected chi connectivity index (χ1v) is 9.51. The molecule has 26 heavy (non-hydrogen) atoms. The third-order valence-corrected chi connectivity index (χ3v) is 5.37. The maximum Gasteiger partial charge on any atom is 0.235 e. The van der Waals surface area contributed by atoms with Crippen molar-refractivity contribution >= 4 is 16.3 Å². The predicted molar refractivity (Wildman–Crippen MR) is 102 cm³/mol. The predicted octanol–water partition coefficient (Wildman–Crippen LogP) is 3.99. The van der Waals surface area contributed by atoms with Gasteiger partial charge in [-0.15, -0.1) is 10.2 Å². The van der Waals surface area contributed by atoms with Crippen LogP contribution < -0.4 is 0 Å². The van der Waals surface area contributed by atoms with Crippen molar-refractivity contribution in [2.24, 2.45) is 5.92 Å². The van der Waals surface area contributed by atoms with Gasteiger partial charge in [0.05, 0.1) is 6.20 Å². The Morgan fingerprint density at radius 2 is 1.85 bits per heavy atom. The van der Waals surface area contributed by atoms with E-state index in [1.54, 1.807) is 34.4 Å². The molecule has 4 aromatic rings. The molecule has 0 saturated carbocycles. The Hall–Kier alpha value is -2.67. The van der Waals surface area contributed by atoms with Crippen LogP contribution in [0.4, 0.5) is 0 Å². The summed E-state index contributed by atoms with van der Waals surface area (Å²) in [5, 5.41) is 14.2. The van der Waals surface area contributed by atoms with Crippen LogP contribution in [0.5, 0.6) is 0 Å². The lowest BCUT2D eigenvalue weighted by atomic mass is 9.97. The van der Waals surface area contributed by atoms with Gasteiger partial charge in [0.15, 0.2) is 0 Å². The minimum absolute atomic E-state index is 0.199. The Morgan fingerprint density at radius 1 is 1.04 bits per heavy atom. The smallest absolute Gasteiger partial charge is 0.235 e. The van der Waals surface area contributed by atoms with E-state index in [1.165, 1.54) is 11.1 Å². The number of aromatic nitrogens is 6. The number of hydrogen-bond donors (Lipinski definition) is 0. The van der Waals surface area contributed by atoms with Crippen LogP contribution in [0.15, 0.2) is 42.9 Å². The van der Waals surface area contributed by atoms with E-state index in [2.05, 4.69) is 65.2 Å². The highest BCUT2D eigenvalue weighted by molar-refractivity contribution is 7.16. The Bertz CT molecular complexity index is 1000. The SMILES string of the molecule is CC(C)Cc1ccc([C@@H](C)c2nn3c(-c4cnccn4)nnc3s2)cc1. The van der Waals surface area contributed by atoms with E-state index in [0.29, 0.717) is 17.4 Å². The second-order valence-corrected chi connectivity index (χ2v) is 7.80. The number of fused-ring (bicyclic) bond motifs is 1. The van der Waals surface area contributed by atoms with E-state index in [-0.39, 0.29) is 5.92 Å². The van der Waals surface area contributed by atoms with Gasteiger partial charge in [-0.2, -0.15) is 9.61 Å². The van der Waals surface area contributed by atoms with Crippen LogP contribution in [0.2, 0.25) is 0 Å². The molecule has 0 fully saturated rings. The molecule has 0 aliphatic heterocycles. The molecule has 0 radical (unpaired) electrons. The molecule has 6 nitrogen and oxygen atoms in total. The minimum atomic E-state index is 0.199. The van der Waals surface area contributed by atoms with E-state index >= 15 is 0 Å². The standard InChI is InChI=1S/C19H20N6S/c1-12(2)10-14-4-6-15(7-5-14)13(3)18-24-25-17(22-23-19(25)26-18)16-11-20-8-9-21-16/h4-9,11-13H,10H2,1-3H3/t13-/m1/s1. The Morgan fingerprint density at radius 3 is 2.54 bits per heavy atom. The minimum Gasteiger partial charge on any atom is -0.261 e. The van der Waals surface area contributed by atoms with Gasteiger partial charge in [0.25, 0.3) is 0 Å². The van der Waals surface area contributed by atoms with E-state index < -0.39 is 0 Å². The Balaban J connectivity index is 1.63. The molecule has 0 aliphatic carbocycles. The molecule has 1 aromatic carbocycles. The second-order valence-electron chi connectivity index (χ2n) is 6.81. The number of benzene rings is 1. The average molecular weight is 364 g/mol. The van der Waals surface area contributed by atoms with Crippen molar-refractivity contribution in [2.75, 3.05) is 0 Å². The zero-order chi connectivity index (χ0) is 18.1. The number of nitrogens with zero attached hydrogens (tertiary/aromatic N) is 6. The summed E-state index contributed by atoms with van der Waals surface area (Å²) in [6.45, 7) is 6.65. The fourth-order valence-electron chi connectivity index (χ4n) is 2.94. The summed E-state index contributed by atoms with van der Waals surface area (Å²) >= 11 is 1.56. The maximum atomic E-state index is 4.74. The van der Waals surface area contributed by atoms with Crippen molar-refractivity contribution in [1.82, 2.24) is 29.8 Å². The zero-order valence-electron chi connectivity index (χ0n) is 15.0. The van der Waals surface area contributed by atoms with Crippen molar-refractivity contribution in [3.05, 3.63) is 59.0 Å². The monoisotopic (exact) mass is 364 g/mol. The van der Waals surface area contributed by atoms with Crippen LogP contribution in [0.1, 0.15) is 42.8 Å². The largest absolute Gasteiger partial charge is 0.261 e. The molecule has 7 heteroatoms. The summed E-state index contributed by atoms with van der Waals surface area (Å²) in [6, 6.07) is 8.84. The first kappa shape index (κ1) is 16.8. The molecule has 0 saturated heterocycles. The summed E-state index contributed by atoms with van der Waals surface area (Å²) in [6.07, 6.45) is 6.06. The summed E-state index contributed by atoms with van der Waals surface area (Å²) in [4.78, 5) is 9.16. The van der Waals surface area contributed by atoms with Gasteiger partial charge in [0.1, 0.15) is 10.7 Å². The molecule has 3 aromatic heterocycles. The Kier molecular flexibility index (Phi) is 4.46. The molecule has 132 valence electrons. The van der Waals surface area contributed by atoms with Gasteiger partial charge in [0, 0.05) is 18.3 Å². The molecule has 0 spiro atoms. The molecule has 0 unspecified atom stereocenters. The van der Waals surface area contributed by atoms with Gasteiger partial charge in [-0.1, -0.05) is 56.4 Å². The van der Waals surface area contributed by atoms with E-state index in [1.807, 2.05) is 0 Å². The van der Waals surface area contributed by atoms with Crippen molar-refractivity contribution in [1.29, 1.82) is 0 Å². The van der Waals surface area contributed by atoms with Crippen molar-refractivity contribution in [3.8, 4) is 11.5 Å². The molecular weight excluding hydrogens is 344 g/mol. The first-order valence-electron chi connectivity index (χ1n) is 8.69. The fourth-order valence-corrected chi connectivity index (χ4v) is 3.86. The normalized spacial score (nSPS) is 12.8. The lowest BCUT2D eigenvalue weighted by Gasteiger charge is -2.10. The Labute approximate surface area is 156 Å². The number of hydrogen-bond acceptors (Lipinski definition) is 6.